The smallest absolute Gasteiger partial charge is 0.0651 e. The number of piperidine rings is 1. The summed E-state index contributed by atoms with van der Waals surface area (Å²) in [4.78, 5) is 2.57. The molecule has 2 heterocycles. The summed E-state index contributed by atoms with van der Waals surface area (Å²) in [6.45, 7) is 3.25. The molecule has 142 valence electrons. The first-order chi connectivity index (χ1) is 13.2. The molecule has 1 saturated heterocycles. The second-order valence-electron chi connectivity index (χ2n) is 7.24. The van der Waals surface area contributed by atoms with E-state index in [0.717, 1.165) is 24.0 Å². The fraction of sp³-hybridized carbons (Fsp3) is 0.381. The van der Waals surface area contributed by atoms with Crippen molar-refractivity contribution in [3.05, 3.63) is 54.2 Å². The molecule has 0 aliphatic carbocycles. The second kappa shape index (κ2) is 8.23. The van der Waals surface area contributed by atoms with Crippen LogP contribution in [-0.4, -0.2) is 47.5 Å². The predicted molar refractivity (Wildman–Crippen MR) is 116 cm³/mol. The van der Waals surface area contributed by atoms with Gasteiger partial charge in [0.2, 0.25) is 0 Å². The Hall–Kier alpha value is -2.18. The topological polar surface area (TPSA) is 47.2 Å². The Bertz CT molecular complexity index is 893. The average molecular weight is 382 g/mol. The molecule has 0 bridgehead atoms. The van der Waals surface area contributed by atoms with Crippen LogP contribution in [0.15, 0.2) is 48.7 Å². The molecule has 2 N–H and O–H groups in total. The van der Waals surface area contributed by atoms with Gasteiger partial charge in [0.25, 0.3) is 0 Å². The summed E-state index contributed by atoms with van der Waals surface area (Å²) in [5, 5.41) is 12.0. The molecule has 2 aromatic carbocycles. The average Bonchev–Trinajstić information content (AvgIpc) is 3.16. The molecule has 27 heavy (non-hydrogen) atoms. The van der Waals surface area contributed by atoms with Crippen molar-refractivity contribution >= 4 is 34.2 Å². The van der Waals surface area contributed by atoms with Crippen LogP contribution in [0.1, 0.15) is 18.4 Å². The van der Waals surface area contributed by atoms with Crippen molar-refractivity contribution in [2.45, 2.75) is 25.4 Å². The molecule has 4 rings (SSSR count). The summed E-state index contributed by atoms with van der Waals surface area (Å²) in [5.41, 5.74) is 4.91. The van der Waals surface area contributed by atoms with E-state index in [9.17, 15) is 0 Å². The number of hydrogen-bond donors (Lipinski definition) is 2. The molecule has 3 aromatic rings. The van der Waals surface area contributed by atoms with E-state index in [4.69, 9.17) is 0 Å². The Morgan fingerprint density at radius 3 is 3.11 bits per heavy atom. The minimum Gasteiger partial charge on any atom is -0.381 e. The molecule has 5 nitrogen and oxygen atoms in total. The molecule has 0 radical (unpaired) electrons. The van der Waals surface area contributed by atoms with Crippen LogP contribution >= 0.6 is 11.9 Å². The second-order valence-corrected chi connectivity index (χ2v) is 8.15. The van der Waals surface area contributed by atoms with Crippen LogP contribution in [0.25, 0.3) is 10.9 Å². The highest BCUT2D eigenvalue weighted by molar-refractivity contribution is 7.99. The van der Waals surface area contributed by atoms with Crippen molar-refractivity contribution in [3.63, 3.8) is 0 Å². The molecule has 6 heteroatoms. The Kier molecular flexibility index (Phi) is 5.55. The first-order valence-electron chi connectivity index (χ1n) is 9.50. The molecule has 1 aliphatic rings. The molecule has 1 aromatic heterocycles. The lowest BCUT2D eigenvalue weighted by Gasteiger charge is -2.34. The summed E-state index contributed by atoms with van der Waals surface area (Å²) >= 11 is 1.74. The molecule has 1 aliphatic heterocycles. The third-order valence-corrected chi connectivity index (χ3v) is 6.03. The van der Waals surface area contributed by atoms with Gasteiger partial charge in [-0.25, -0.2) is 0 Å². The largest absolute Gasteiger partial charge is 0.381 e. The van der Waals surface area contributed by atoms with Crippen molar-refractivity contribution in [1.29, 1.82) is 0 Å². The molecular weight excluding hydrogens is 354 g/mol. The third kappa shape index (κ3) is 4.39. The molecule has 0 spiro atoms. The van der Waals surface area contributed by atoms with Gasteiger partial charge in [-0.3, -0.25) is 10.00 Å². The van der Waals surface area contributed by atoms with Gasteiger partial charge in [-0.1, -0.05) is 24.1 Å². The van der Waals surface area contributed by atoms with Crippen molar-refractivity contribution in [2.24, 2.45) is 0 Å². The quantitative estimate of drug-likeness (QED) is 0.622. The lowest BCUT2D eigenvalue weighted by molar-refractivity contribution is 0.208. The van der Waals surface area contributed by atoms with Crippen molar-refractivity contribution in [2.75, 3.05) is 36.0 Å². The van der Waals surface area contributed by atoms with Gasteiger partial charge in [0.1, 0.15) is 0 Å². The van der Waals surface area contributed by atoms with E-state index < -0.39 is 0 Å². The van der Waals surface area contributed by atoms with Crippen molar-refractivity contribution in [1.82, 2.24) is 15.1 Å². The van der Waals surface area contributed by atoms with E-state index >= 15 is 0 Å². The third-order valence-electron chi connectivity index (χ3n) is 5.27. The molecule has 1 unspecified atom stereocenters. The van der Waals surface area contributed by atoms with E-state index in [1.807, 2.05) is 6.20 Å². The number of rotatable bonds is 6. The minimum absolute atomic E-state index is 0.486. The van der Waals surface area contributed by atoms with Crippen molar-refractivity contribution < 1.29 is 0 Å². The van der Waals surface area contributed by atoms with Crippen LogP contribution in [0.4, 0.5) is 11.4 Å². The first kappa shape index (κ1) is 18.2. The number of likely N-dealkylation sites (tertiary alicyclic amines) is 1. The Balaban J connectivity index is 1.39. The van der Waals surface area contributed by atoms with Crippen LogP contribution in [-0.2, 0) is 6.54 Å². The molecule has 0 amide bonds. The van der Waals surface area contributed by atoms with Gasteiger partial charge in [-0.2, -0.15) is 5.10 Å². The lowest BCUT2D eigenvalue weighted by Crippen LogP contribution is -2.41. The number of aromatic amines is 1. The van der Waals surface area contributed by atoms with Gasteiger partial charge < -0.3 is 9.62 Å². The van der Waals surface area contributed by atoms with Crippen LogP contribution in [0.5, 0.6) is 0 Å². The fourth-order valence-corrected chi connectivity index (χ4v) is 4.12. The predicted octanol–water partition coefficient (Wildman–Crippen LogP) is 4.35. The van der Waals surface area contributed by atoms with Gasteiger partial charge >= 0.3 is 0 Å². The van der Waals surface area contributed by atoms with Crippen LogP contribution in [0.3, 0.4) is 0 Å². The zero-order valence-electron chi connectivity index (χ0n) is 16.0. The summed E-state index contributed by atoms with van der Waals surface area (Å²) in [6, 6.07) is 15.8. The molecule has 1 fully saturated rings. The Morgan fingerprint density at radius 1 is 1.30 bits per heavy atom. The minimum atomic E-state index is 0.486. The highest BCUT2D eigenvalue weighted by Crippen LogP contribution is 2.23. The van der Waals surface area contributed by atoms with Crippen molar-refractivity contribution in [3.8, 4) is 0 Å². The van der Waals surface area contributed by atoms with E-state index in [1.54, 1.807) is 11.9 Å². The number of anilines is 2. The first-order valence-corrected chi connectivity index (χ1v) is 10.7. The number of nitrogens with zero attached hydrogens (tertiary/aromatic N) is 3. The maximum atomic E-state index is 4.11. The normalized spacial score (nSPS) is 17.9. The van der Waals surface area contributed by atoms with Crippen LogP contribution < -0.4 is 9.62 Å². The number of hydrogen-bond acceptors (Lipinski definition) is 5. The summed E-state index contributed by atoms with van der Waals surface area (Å²) in [5.74, 6) is 0. The number of fused-ring (bicyclic) bond motifs is 1. The van der Waals surface area contributed by atoms with Gasteiger partial charge in [0, 0.05) is 49.2 Å². The van der Waals surface area contributed by atoms with E-state index in [2.05, 4.69) is 80.5 Å². The standard InChI is InChI=1S/C21H27N5S/c1-25(27-2)20-7-3-5-16(11-20)14-26-10-4-6-19(15-26)23-18-8-9-21-17(12-18)13-22-24-21/h3,5,7-9,11-13,19,23H,4,6,10,14-15H2,1-2H3,(H,22,24). The molecular formula is C21H27N5S. The molecule has 1 atom stereocenters. The maximum absolute atomic E-state index is 4.11. The highest BCUT2D eigenvalue weighted by Gasteiger charge is 2.20. The number of aromatic nitrogens is 2. The summed E-state index contributed by atoms with van der Waals surface area (Å²) in [6.07, 6.45) is 6.44. The van der Waals surface area contributed by atoms with E-state index in [1.165, 1.54) is 36.3 Å². The van der Waals surface area contributed by atoms with Gasteiger partial charge in [0.05, 0.1) is 11.7 Å². The molecule has 0 saturated carbocycles. The van der Waals surface area contributed by atoms with Gasteiger partial charge in [-0.05, 0) is 55.3 Å². The fourth-order valence-electron chi connectivity index (χ4n) is 3.80. The van der Waals surface area contributed by atoms with Gasteiger partial charge in [0.15, 0.2) is 0 Å². The monoisotopic (exact) mass is 381 g/mol. The summed E-state index contributed by atoms with van der Waals surface area (Å²) in [7, 11) is 2.11. The number of nitrogens with one attached hydrogen (secondary N) is 2. The number of benzene rings is 2. The highest BCUT2D eigenvalue weighted by atomic mass is 32.2. The maximum Gasteiger partial charge on any atom is 0.0651 e. The van der Waals surface area contributed by atoms with Gasteiger partial charge in [-0.15, -0.1) is 0 Å². The zero-order valence-corrected chi connectivity index (χ0v) is 16.8. The summed E-state index contributed by atoms with van der Waals surface area (Å²) < 4.78 is 2.20. The SMILES string of the molecule is CSN(C)c1cccc(CN2CCCC(Nc3ccc4[nH]ncc4c3)C2)c1. The zero-order chi connectivity index (χ0) is 18.6. The van der Waals surface area contributed by atoms with Crippen LogP contribution in [0, 0.1) is 0 Å². The van der Waals surface area contributed by atoms with Crippen LogP contribution in [0.2, 0.25) is 0 Å². The Labute approximate surface area is 165 Å². The van der Waals surface area contributed by atoms with E-state index in [-0.39, 0.29) is 0 Å². The number of H-pyrrole nitrogens is 1. The lowest BCUT2D eigenvalue weighted by atomic mass is 10.0. The van der Waals surface area contributed by atoms with E-state index in [0.29, 0.717) is 6.04 Å². The Morgan fingerprint density at radius 2 is 2.22 bits per heavy atom.